The molecule has 0 aliphatic rings. The average Bonchev–Trinajstić information content (AvgIpc) is 3.32. The van der Waals surface area contributed by atoms with Crippen molar-refractivity contribution in [1.82, 2.24) is 0 Å². The molecule has 0 bridgehead atoms. The highest BCUT2D eigenvalue weighted by molar-refractivity contribution is 7.22. The molecule has 0 atom stereocenters. The molecule has 0 spiro atoms. The number of fused-ring (bicyclic) bond motifs is 2. The largest absolute Gasteiger partial charge is 0.504 e. The fraction of sp³-hybridized carbons (Fsp3) is 0.100. The molecule has 18 heteroatoms. The van der Waals surface area contributed by atoms with Gasteiger partial charge in [0.15, 0.2) is 11.5 Å². The molecule has 0 saturated heterocycles. The Balaban J connectivity index is 0.000000212. The van der Waals surface area contributed by atoms with Crippen LogP contribution in [0.1, 0.15) is 26.3 Å². The van der Waals surface area contributed by atoms with Gasteiger partial charge in [0.05, 0.1) is 26.5 Å². The Bertz CT molecular complexity index is 1660. The predicted octanol–water partition coefficient (Wildman–Crippen LogP) is 5.62. The Morgan fingerprint density at radius 1 is 0.868 bits per heavy atom. The van der Waals surface area contributed by atoms with Crippen LogP contribution >= 0.6 is 45.9 Å². The minimum absolute atomic E-state index is 0.00152. The van der Waals surface area contributed by atoms with Crippen LogP contribution in [0.25, 0.3) is 20.2 Å². The van der Waals surface area contributed by atoms with Crippen LogP contribution in [0.3, 0.4) is 0 Å². The van der Waals surface area contributed by atoms with E-state index in [1.807, 2.05) is 0 Å². The van der Waals surface area contributed by atoms with Gasteiger partial charge in [0.1, 0.15) is 19.2 Å². The van der Waals surface area contributed by atoms with E-state index >= 15 is 0 Å². The smallest absolute Gasteiger partial charge is 0.349 e. The summed E-state index contributed by atoms with van der Waals surface area (Å²) < 4.78 is 4.69. The third-order valence-electron chi connectivity index (χ3n) is 4.72. The summed E-state index contributed by atoms with van der Waals surface area (Å²) in [4.78, 5) is 42.3. The number of carboxylic acids is 1. The van der Waals surface area contributed by atoms with Crippen LogP contribution in [0.15, 0.2) is 12.1 Å². The molecule has 2 heterocycles. The fourth-order valence-electron chi connectivity index (χ4n) is 3.13. The maximum Gasteiger partial charge on any atom is 0.349 e. The Hall–Kier alpha value is -4.12. The summed E-state index contributed by atoms with van der Waals surface area (Å²) in [5.41, 5.74) is -1.45. The van der Waals surface area contributed by atoms with E-state index in [9.17, 15) is 50.2 Å². The minimum atomic E-state index is -1.34. The molecule has 38 heavy (non-hydrogen) atoms. The number of benzene rings is 2. The summed E-state index contributed by atoms with van der Waals surface area (Å²) in [7, 11) is 0. The Labute approximate surface area is 227 Å². The number of nitro benzene ring substituents is 2. The van der Waals surface area contributed by atoms with Gasteiger partial charge < -0.3 is 30.3 Å². The minimum Gasteiger partial charge on any atom is -0.504 e. The Morgan fingerprint density at radius 3 is 1.63 bits per heavy atom. The number of carbonyl (C=O) groups excluding carboxylic acids is 1. The Kier molecular flexibility index (Phi) is 8.01. The number of carboxylic acid groups (broad SMARTS) is 1. The summed E-state index contributed by atoms with van der Waals surface area (Å²) in [6, 6.07) is 2.06. The van der Waals surface area contributed by atoms with E-state index in [1.165, 1.54) is 0 Å². The van der Waals surface area contributed by atoms with Crippen LogP contribution in [-0.2, 0) is 4.74 Å². The van der Waals surface area contributed by atoms with Gasteiger partial charge in [0, 0.05) is 10.8 Å². The van der Waals surface area contributed by atoms with Crippen molar-refractivity contribution >= 4 is 89.4 Å². The zero-order valence-corrected chi connectivity index (χ0v) is 21.6. The van der Waals surface area contributed by atoms with E-state index in [-0.39, 0.29) is 46.6 Å². The number of hydrogen-bond acceptors (Lipinski definition) is 13. The van der Waals surface area contributed by atoms with E-state index in [0.717, 1.165) is 23.5 Å². The summed E-state index contributed by atoms with van der Waals surface area (Å²) in [6.45, 7) is 1.74. The second-order valence-electron chi connectivity index (χ2n) is 6.97. The van der Waals surface area contributed by atoms with Crippen molar-refractivity contribution in [1.29, 1.82) is 0 Å². The molecule has 0 fully saturated rings. The van der Waals surface area contributed by atoms with Crippen LogP contribution in [0.4, 0.5) is 11.4 Å². The van der Waals surface area contributed by atoms with Crippen molar-refractivity contribution in [2.75, 3.05) is 6.61 Å². The summed E-state index contributed by atoms with van der Waals surface area (Å²) in [6.07, 6.45) is 0. The SMILES string of the molecule is CCOC(=O)c1sc2c([N+](=O)[O-])c(O)c(O)cc2c1Cl.O=C(O)c1sc2c([N+](=O)[O-])c(O)c(O)cc2c1Cl. The van der Waals surface area contributed by atoms with E-state index in [1.54, 1.807) is 6.92 Å². The molecule has 4 rings (SSSR count). The number of hydrogen-bond donors (Lipinski definition) is 5. The van der Waals surface area contributed by atoms with Crippen LogP contribution in [0, 0.1) is 20.2 Å². The lowest BCUT2D eigenvalue weighted by atomic mass is 10.2. The number of nitro groups is 2. The van der Waals surface area contributed by atoms with Gasteiger partial charge in [-0.3, -0.25) is 20.2 Å². The molecule has 5 N–H and O–H groups in total. The molecule has 2 aromatic carbocycles. The Morgan fingerprint density at radius 2 is 1.26 bits per heavy atom. The quantitative estimate of drug-likeness (QED) is 0.0805. The zero-order valence-electron chi connectivity index (χ0n) is 18.4. The van der Waals surface area contributed by atoms with E-state index < -0.39 is 56.2 Å². The van der Waals surface area contributed by atoms with E-state index in [0.29, 0.717) is 11.3 Å². The van der Waals surface area contributed by atoms with Crippen LogP contribution in [-0.4, -0.2) is 53.9 Å². The maximum atomic E-state index is 11.7. The second kappa shape index (κ2) is 10.7. The number of phenols is 4. The molecule has 14 nitrogen and oxygen atoms in total. The molecule has 0 aliphatic carbocycles. The van der Waals surface area contributed by atoms with Crippen molar-refractivity contribution in [2.45, 2.75) is 6.92 Å². The molecule has 2 aromatic heterocycles. The second-order valence-corrected chi connectivity index (χ2v) is 9.77. The number of aromatic carboxylic acids is 1. The van der Waals surface area contributed by atoms with E-state index in [2.05, 4.69) is 0 Å². The molecule has 4 aromatic rings. The van der Waals surface area contributed by atoms with Crippen LogP contribution < -0.4 is 0 Å². The highest BCUT2D eigenvalue weighted by Crippen LogP contribution is 2.49. The molecular weight excluding hydrogens is 595 g/mol. The number of nitrogens with zero attached hydrogens (tertiary/aromatic N) is 2. The van der Waals surface area contributed by atoms with Gasteiger partial charge in [-0.05, 0) is 19.1 Å². The van der Waals surface area contributed by atoms with Gasteiger partial charge in [0.25, 0.3) is 0 Å². The molecular formula is C20H12Cl2N2O12S2. The first-order chi connectivity index (χ1) is 17.7. The fourth-order valence-corrected chi connectivity index (χ4v) is 6.04. The van der Waals surface area contributed by atoms with Crippen LogP contribution in [0.2, 0.25) is 10.0 Å². The first kappa shape index (κ1) is 28.5. The molecule has 0 aliphatic heterocycles. The first-order valence-electron chi connectivity index (χ1n) is 9.75. The van der Waals surface area contributed by atoms with Gasteiger partial charge in [-0.15, -0.1) is 22.7 Å². The number of carbonyl (C=O) groups is 2. The predicted molar refractivity (Wildman–Crippen MR) is 137 cm³/mol. The van der Waals surface area contributed by atoms with Gasteiger partial charge in [-0.1, -0.05) is 23.2 Å². The van der Waals surface area contributed by atoms with Crippen molar-refractivity contribution in [3.05, 3.63) is 52.2 Å². The maximum absolute atomic E-state index is 11.7. The summed E-state index contributed by atoms with van der Waals surface area (Å²) in [5, 5.41) is 68.4. The zero-order chi connectivity index (χ0) is 28.6. The van der Waals surface area contributed by atoms with Gasteiger partial charge in [-0.2, -0.15) is 0 Å². The van der Waals surface area contributed by atoms with Crippen molar-refractivity contribution < 1.29 is 49.7 Å². The van der Waals surface area contributed by atoms with Crippen LogP contribution in [0.5, 0.6) is 23.0 Å². The van der Waals surface area contributed by atoms with Crippen molar-refractivity contribution in [3.63, 3.8) is 0 Å². The average molecular weight is 607 g/mol. The molecule has 0 radical (unpaired) electrons. The lowest BCUT2D eigenvalue weighted by molar-refractivity contribution is -0.384. The lowest BCUT2D eigenvalue weighted by Crippen LogP contribution is -2.02. The van der Waals surface area contributed by atoms with Gasteiger partial charge in [-0.25, -0.2) is 9.59 Å². The third kappa shape index (κ3) is 4.89. The molecule has 0 unspecified atom stereocenters. The molecule has 0 amide bonds. The topological polar surface area (TPSA) is 231 Å². The van der Waals surface area contributed by atoms with E-state index in [4.69, 9.17) is 33.0 Å². The first-order valence-corrected chi connectivity index (χ1v) is 12.1. The third-order valence-corrected chi connectivity index (χ3v) is 8.12. The highest BCUT2D eigenvalue weighted by Gasteiger charge is 2.30. The van der Waals surface area contributed by atoms with Crippen molar-refractivity contribution in [3.8, 4) is 23.0 Å². The van der Waals surface area contributed by atoms with Crippen molar-refractivity contribution in [2.24, 2.45) is 0 Å². The standard InChI is InChI=1S/C11H8ClNO6S.C9H4ClNO6S/c1-2-19-11(16)10-6(12)4-3-5(14)8(15)7(13(17)18)9(4)20-10;10-4-2-1-3(12)6(13)5(11(16)17)7(2)18-8(4)9(14)15/h3,14-15H,2H2,1H3;1,12-13H,(H,14,15). The normalized spacial score (nSPS) is 10.7. The number of halogens is 2. The number of ether oxygens (including phenoxy) is 1. The number of thiophene rings is 2. The monoisotopic (exact) mass is 606 g/mol. The summed E-state index contributed by atoms with van der Waals surface area (Å²) in [5.74, 6) is -5.25. The molecule has 0 saturated carbocycles. The molecule has 200 valence electrons. The highest BCUT2D eigenvalue weighted by atomic mass is 35.5. The number of esters is 1. The number of phenolic OH excluding ortho intramolecular Hbond substituents is 4. The lowest BCUT2D eigenvalue weighted by Gasteiger charge is -2.00. The van der Waals surface area contributed by atoms with Gasteiger partial charge in [0.2, 0.25) is 11.5 Å². The number of rotatable bonds is 5. The van der Waals surface area contributed by atoms with Gasteiger partial charge >= 0.3 is 23.3 Å². The summed E-state index contributed by atoms with van der Waals surface area (Å²) >= 11 is 13.0. The number of aromatic hydroxyl groups is 4.